The Morgan fingerprint density at radius 2 is 1.96 bits per heavy atom. The van der Waals surface area contributed by atoms with E-state index < -0.39 is 0 Å². The largest absolute Gasteiger partial charge is 0.489 e. The maximum absolute atomic E-state index is 6.27. The molecule has 1 saturated heterocycles. The zero-order chi connectivity index (χ0) is 16.9. The second-order valence-electron chi connectivity index (χ2n) is 5.39. The standard InChI is InChI=1S/C18H18Cl2O4/c1-2-18-22-11-15(24-18)10-21-17-7-6-14(9-16(17)20)23-13-5-3-4-12(19)8-13/h3-9,15,18H,2,10-11H2,1H3. The van der Waals surface area contributed by atoms with Gasteiger partial charge in [0.2, 0.25) is 0 Å². The first-order chi connectivity index (χ1) is 11.6. The number of rotatable bonds is 6. The first-order valence-electron chi connectivity index (χ1n) is 7.77. The Morgan fingerprint density at radius 3 is 2.67 bits per heavy atom. The highest BCUT2D eigenvalue weighted by Crippen LogP contribution is 2.32. The summed E-state index contributed by atoms with van der Waals surface area (Å²) in [5.74, 6) is 1.84. The minimum absolute atomic E-state index is 0.0756. The van der Waals surface area contributed by atoms with E-state index >= 15 is 0 Å². The van der Waals surface area contributed by atoms with Gasteiger partial charge < -0.3 is 18.9 Å². The molecular weight excluding hydrogens is 351 g/mol. The van der Waals surface area contributed by atoms with Crippen molar-refractivity contribution in [3.8, 4) is 17.2 Å². The van der Waals surface area contributed by atoms with E-state index in [1.165, 1.54) is 0 Å². The molecule has 1 aliphatic rings. The smallest absolute Gasteiger partial charge is 0.158 e. The zero-order valence-corrected chi connectivity index (χ0v) is 14.7. The van der Waals surface area contributed by atoms with Crippen molar-refractivity contribution in [1.82, 2.24) is 0 Å². The molecule has 128 valence electrons. The van der Waals surface area contributed by atoms with E-state index in [0.29, 0.717) is 40.5 Å². The summed E-state index contributed by atoms with van der Waals surface area (Å²) >= 11 is 12.2. The molecule has 0 radical (unpaired) electrons. The molecule has 0 spiro atoms. The van der Waals surface area contributed by atoms with Gasteiger partial charge in [0.15, 0.2) is 6.29 Å². The number of hydrogen-bond acceptors (Lipinski definition) is 4. The molecule has 4 nitrogen and oxygen atoms in total. The number of benzene rings is 2. The summed E-state index contributed by atoms with van der Waals surface area (Å²) in [6, 6.07) is 12.4. The second-order valence-corrected chi connectivity index (χ2v) is 6.24. The summed E-state index contributed by atoms with van der Waals surface area (Å²) in [7, 11) is 0. The van der Waals surface area contributed by atoms with Crippen LogP contribution in [0.15, 0.2) is 42.5 Å². The fourth-order valence-corrected chi connectivity index (χ4v) is 2.73. The van der Waals surface area contributed by atoms with Gasteiger partial charge in [0, 0.05) is 11.1 Å². The summed E-state index contributed by atoms with van der Waals surface area (Å²) in [4.78, 5) is 0. The fraction of sp³-hybridized carbons (Fsp3) is 0.333. The van der Waals surface area contributed by atoms with Crippen molar-refractivity contribution in [2.45, 2.75) is 25.7 Å². The van der Waals surface area contributed by atoms with Crippen LogP contribution in [-0.4, -0.2) is 25.6 Å². The number of halogens is 2. The van der Waals surface area contributed by atoms with Crippen molar-refractivity contribution in [2.75, 3.05) is 13.2 Å². The quantitative estimate of drug-likeness (QED) is 0.691. The lowest BCUT2D eigenvalue weighted by Gasteiger charge is -2.13. The Hall–Kier alpha value is -1.46. The average Bonchev–Trinajstić information content (AvgIpc) is 3.02. The third-order valence-corrected chi connectivity index (χ3v) is 4.04. The van der Waals surface area contributed by atoms with Gasteiger partial charge in [-0.1, -0.05) is 36.2 Å². The van der Waals surface area contributed by atoms with Gasteiger partial charge >= 0.3 is 0 Å². The van der Waals surface area contributed by atoms with Gasteiger partial charge in [-0.05, 0) is 36.8 Å². The van der Waals surface area contributed by atoms with E-state index in [0.717, 1.165) is 6.42 Å². The molecule has 0 aliphatic carbocycles. The van der Waals surface area contributed by atoms with E-state index in [2.05, 4.69) is 0 Å². The van der Waals surface area contributed by atoms with E-state index in [-0.39, 0.29) is 12.4 Å². The van der Waals surface area contributed by atoms with E-state index in [1.807, 2.05) is 19.1 Å². The summed E-state index contributed by atoms with van der Waals surface area (Å²) in [6.45, 7) is 2.94. The molecule has 6 heteroatoms. The Balaban J connectivity index is 1.58. The third-order valence-electron chi connectivity index (χ3n) is 3.51. The van der Waals surface area contributed by atoms with Crippen LogP contribution in [0.3, 0.4) is 0 Å². The molecule has 0 bridgehead atoms. The maximum Gasteiger partial charge on any atom is 0.158 e. The highest BCUT2D eigenvalue weighted by Gasteiger charge is 2.25. The van der Waals surface area contributed by atoms with Crippen molar-refractivity contribution in [2.24, 2.45) is 0 Å². The minimum Gasteiger partial charge on any atom is -0.489 e. The van der Waals surface area contributed by atoms with Crippen LogP contribution in [-0.2, 0) is 9.47 Å². The molecule has 2 aromatic rings. The fourth-order valence-electron chi connectivity index (χ4n) is 2.32. The molecule has 2 atom stereocenters. The third kappa shape index (κ3) is 4.54. The molecule has 1 heterocycles. The highest BCUT2D eigenvalue weighted by atomic mass is 35.5. The first-order valence-corrected chi connectivity index (χ1v) is 8.52. The van der Waals surface area contributed by atoms with E-state index in [4.69, 9.17) is 42.1 Å². The lowest BCUT2D eigenvalue weighted by molar-refractivity contribution is -0.0642. The molecule has 2 unspecified atom stereocenters. The van der Waals surface area contributed by atoms with Crippen LogP contribution in [0.2, 0.25) is 10.0 Å². The topological polar surface area (TPSA) is 36.9 Å². The predicted octanol–water partition coefficient (Wildman–Crippen LogP) is 5.32. The molecule has 0 saturated carbocycles. The van der Waals surface area contributed by atoms with Crippen molar-refractivity contribution in [3.63, 3.8) is 0 Å². The normalized spacial score (nSPS) is 20.1. The molecule has 0 N–H and O–H groups in total. The number of ether oxygens (including phenoxy) is 4. The molecule has 1 fully saturated rings. The van der Waals surface area contributed by atoms with Crippen molar-refractivity contribution in [1.29, 1.82) is 0 Å². The van der Waals surface area contributed by atoms with Gasteiger partial charge in [-0.25, -0.2) is 0 Å². The molecular formula is C18H18Cl2O4. The summed E-state index contributed by atoms with van der Waals surface area (Å²) in [6.07, 6.45) is 0.614. The second kappa shape index (κ2) is 8.08. The van der Waals surface area contributed by atoms with Crippen LogP contribution in [0.4, 0.5) is 0 Å². The van der Waals surface area contributed by atoms with E-state index in [1.54, 1.807) is 30.3 Å². The Kier molecular flexibility index (Phi) is 5.85. The van der Waals surface area contributed by atoms with Gasteiger partial charge in [-0.3, -0.25) is 0 Å². The van der Waals surface area contributed by atoms with Gasteiger partial charge in [-0.15, -0.1) is 0 Å². The first kappa shape index (κ1) is 17.4. The van der Waals surface area contributed by atoms with Gasteiger partial charge in [0.05, 0.1) is 11.6 Å². The SMILES string of the molecule is CCC1OCC(COc2ccc(Oc3cccc(Cl)c3)cc2Cl)O1. The highest BCUT2D eigenvalue weighted by molar-refractivity contribution is 6.32. The molecule has 1 aliphatic heterocycles. The minimum atomic E-state index is -0.137. The Morgan fingerprint density at radius 1 is 1.12 bits per heavy atom. The van der Waals surface area contributed by atoms with Crippen molar-refractivity contribution in [3.05, 3.63) is 52.5 Å². The molecule has 3 rings (SSSR count). The Labute approximate surface area is 151 Å². The lowest BCUT2D eigenvalue weighted by Crippen LogP contribution is -2.20. The van der Waals surface area contributed by atoms with Gasteiger partial charge in [0.1, 0.15) is 30.0 Å². The summed E-state index contributed by atoms with van der Waals surface area (Å²) < 4.78 is 22.6. The monoisotopic (exact) mass is 368 g/mol. The van der Waals surface area contributed by atoms with Crippen LogP contribution in [0.5, 0.6) is 17.2 Å². The average molecular weight is 369 g/mol. The maximum atomic E-state index is 6.27. The molecule has 0 amide bonds. The lowest BCUT2D eigenvalue weighted by atomic mass is 10.3. The zero-order valence-electron chi connectivity index (χ0n) is 13.2. The van der Waals surface area contributed by atoms with Crippen LogP contribution >= 0.6 is 23.2 Å². The van der Waals surface area contributed by atoms with Gasteiger partial charge in [-0.2, -0.15) is 0 Å². The van der Waals surface area contributed by atoms with Crippen molar-refractivity contribution >= 4 is 23.2 Å². The van der Waals surface area contributed by atoms with Crippen LogP contribution in [0.25, 0.3) is 0 Å². The molecule has 2 aromatic carbocycles. The Bertz CT molecular complexity index is 692. The summed E-state index contributed by atoms with van der Waals surface area (Å²) in [5, 5.41) is 1.09. The van der Waals surface area contributed by atoms with E-state index in [9.17, 15) is 0 Å². The molecule has 24 heavy (non-hydrogen) atoms. The summed E-state index contributed by atoms with van der Waals surface area (Å²) in [5.41, 5.74) is 0. The van der Waals surface area contributed by atoms with Gasteiger partial charge in [0.25, 0.3) is 0 Å². The van der Waals surface area contributed by atoms with Crippen molar-refractivity contribution < 1.29 is 18.9 Å². The van der Waals surface area contributed by atoms with Crippen LogP contribution < -0.4 is 9.47 Å². The van der Waals surface area contributed by atoms with Crippen LogP contribution in [0.1, 0.15) is 13.3 Å². The number of hydrogen-bond donors (Lipinski definition) is 0. The predicted molar refractivity (Wildman–Crippen MR) is 93.4 cm³/mol. The van der Waals surface area contributed by atoms with Crippen LogP contribution in [0, 0.1) is 0 Å². The molecule has 0 aromatic heterocycles.